The van der Waals surface area contributed by atoms with Crippen LogP contribution in [-0.2, 0) is 4.79 Å². The van der Waals surface area contributed by atoms with Crippen molar-refractivity contribution < 1.29 is 9.90 Å². The predicted octanol–water partition coefficient (Wildman–Crippen LogP) is 1.33. The fourth-order valence-electron chi connectivity index (χ4n) is 2.74. The summed E-state index contributed by atoms with van der Waals surface area (Å²) in [6.45, 7) is 0.774. The van der Waals surface area contributed by atoms with E-state index in [4.69, 9.17) is 16.7 Å². The van der Waals surface area contributed by atoms with Crippen molar-refractivity contribution in [1.82, 2.24) is 10.3 Å². The zero-order chi connectivity index (χ0) is 11.3. The fourth-order valence-corrected chi connectivity index (χ4v) is 2.85. The highest BCUT2D eigenvalue weighted by atomic mass is 35.5. The number of carboxylic acid groups (broad SMARTS) is 1. The van der Waals surface area contributed by atoms with Gasteiger partial charge in [-0.05, 0) is 30.5 Å². The maximum absolute atomic E-state index is 10.9. The van der Waals surface area contributed by atoms with Crippen molar-refractivity contribution in [2.75, 3.05) is 6.54 Å². The number of rotatable bonds is 2. The number of aliphatic carboxylic acids is 1. The molecule has 1 aromatic rings. The molecule has 5 heteroatoms. The van der Waals surface area contributed by atoms with E-state index < -0.39 is 5.97 Å². The van der Waals surface area contributed by atoms with Crippen molar-refractivity contribution in [2.45, 2.75) is 6.04 Å². The lowest BCUT2D eigenvalue weighted by molar-refractivity contribution is -0.139. The summed E-state index contributed by atoms with van der Waals surface area (Å²) in [7, 11) is 0. The summed E-state index contributed by atoms with van der Waals surface area (Å²) < 4.78 is 0. The Balaban J connectivity index is 1.82. The monoisotopic (exact) mass is 238 g/mol. The number of aromatic nitrogens is 1. The van der Waals surface area contributed by atoms with Crippen molar-refractivity contribution in [3.8, 4) is 0 Å². The first-order valence-electron chi connectivity index (χ1n) is 5.26. The maximum atomic E-state index is 10.9. The molecule has 3 rings (SSSR count). The molecular weight excluding hydrogens is 228 g/mol. The molecule has 2 fully saturated rings. The summed E-state index contributed by atoms with van der Waals surface area (Å²) in [4.78, 5) is 15.2. The number of hydrogen-bond donors (Lipinski definition) is 2. The van der Waals surface area contributed by atoms with Gasteiger partial charge >= 0.3 is 5.97 Å². The predicted molar refractivity (Wildman–Crippen MR) is 58.1 cm³/mol. The molecule has 1 saturated carbocycles. The van der Waals surface area contributed by atoms with Crippen LogP contribution < -0.4 is 5.32 Å². The molecule has 4 nitrogen and oxygen atoms in total. The Labute approximate surface area is 97.6 Å². The Hall–Kier alpha value is -1.13. The molecule has 1 aliphatic carbocycles. The first-order valence-corrected chi connectivity index (χ1v) is 5.64. The number of nitrogens with one attached hydrogen (secondary N) is 1. The third-order valence-electron chi connectivity index (χ3n) is 3.54. The minimum absolute atomic E-state index is 0.0726. The lowest BCUT2D eigenvalue weighted by Gasteiger charge is -2.13. The average Bonchev–Trinajstić information content (AvgIpc) is 2.83. The van der Waals surface area contributed by atoms with Crippen molar-refractivity contribution >= 4 is 17.6 Å². The van der Waals surface area contributed by atoms with Gasteiger partial charge in [0.15, 0.2) is 0 Å². The number of fused-ring (bicyclic) bond motifs is 1. The molecule has 4 atom stereocenters. The second-order valence-corrected chi connectivity index (χ2v) is 4.83. The van der Waals surface area contributed by atoms with Gasteiger partial charge in [-0.15, -0.1) is 0 Å². The Morgan fingerprint density at radius 3 is 2.94 bits per heavy atom. The Kier molecular flexibility index (Phi) is 2.16. The smallest absolute Gasteiger partial charge is 0.307 e. The topological polar surface area (TPSA) is 62.2 Å². The molecule has 84 valence electrons. The van der Waals surface area contributed by atoms with Crippen LogP contribution in [-0.4, -0.2) is 22.6 Å². The van der Waals surface area contributed by atoms with Crippen LogP contribution in [0.1, 0.15) is 11.7 Å². The van der Waals surface area contributed by atoms with Crippen LogP contribution in [0.5, 0.6) is 0 Å². The van der Waals surface area contributed by atoms with E-state index in [2.05, 4.69) is 10.3 Å². The van der Waals surface area contributed by atoms with Crippen LogP contribution in [0.25, 0.3) is 0 Å². The van der Waals surface area contributed by atoms with E-state index in [9.17, 15) is 4.79 Å². The number of piperidine rings is 1. The number of carbonyl (C=O) groups is 1. The molecule has 2 N–H and O–H groups in total. The van der Waals surface area contributed by atoms with E-state index in [-0.39, 0.29) is 23.8 Å². The summed E-state index contributed by atoms with van der Waals surface area (Å²) in [5, 5.41) is 12.9. The van der Waals surface area contributed by atoms with Gasteiger partial charge < -0.3 is 10.4 Å². The SMILES string of the molecule is O=C(O)C1C2CNC(c3ccc(Cl)cn3)C21. The quantitative estimate of drug-likeness (QED) is 0.816. The maximum Gasteiger partial charge on any atom is 0.307 e. The highest BCUT2D eigenvalue weighted by molar-refractivity contribution is 6.30. The number of hydrogen-bond acceptors (Lipinski definition) is 3. The lowest BCUT2D eigenvalue weighted by Crippen LogP contribution is -2.23. The van der Waals surface area contributed by atoms with Crippen LogP contribution in [0.3, 0.4) is 0 Å². The zero-order valence-electron chi connectivity index (χ0n) is 8.43. The summed E-state index contributed by atoms with van der Waals surface area (Å²) in [5.74, 6) is -0.398. The van der Waals surface area contributed by atoms with Crippen molar-refractivity contribution in [3.05, 3.63) is 29.0 Å². The van der Waals surface area contributed by atoms with Crippen LogP contribution in [0.15, 0.2) is 18.3 Å². The van der Waals surface area contributed by atoms with Gasteiger partial charge in [-0.2, -0.15) is 0 Å². The van der Waals surface area contributed by atoms with Crippen LogP contribution in [0, 0.1) is 17.8 Å². The summed E-state index contributed by atoms with van der Waals surface area (Å²) in [5.41, 5.74) is 0.889. The Morgan fingerprint density at radius 1 is 1.56 bits per heavy atom. The molecule has 0 radical (unpaired) electrons. The van der Waals surface area contributed by atoms with Gasteiger partial charge in [-0.3, -0.25) is 9.78 Å². The van der Waals surface area contributed by atoms with Gasteiger partial charge in [0.25, 0.3) is 0 Å². The van der Waals surface area contributed by atoms with E-state index in [1.54, 1.807) is 12.3 Å². The summed E-state index contributed by atoms with van der Waals surface area (Å²) >= 11 is 5.77. The normalized spacial score (nSPS) is 35.8. The molecule has 4 unspecified atom stereocenters. The van der Waals surface area contributed by atoms with E-state index in [1.807, 2.05) is 6.07 Å². The summed E-state index contributed by atoms with van der Waals surface area (Å²) in [6.07, 6.45) is 1.60. The fraction of sp³-hybridized carbons (Fsp3) is 0.455. The Morgan fingerprint density at radius 2 is 2.38 bits per heavy atom. The van der Waals surface area contributed by atoms with Crippen molar-refractivity contribution in [2.24, 2.45) is 17.8 Å². The third-order valence-corrected chi connectivity index (χ3v) is 3.77. The van der Waals surface area contributed by atoms with E-state index in [0.29, 0.717) is 5.02 Å². The third kappa shape index (κ3) is 1.41. The van der Waals surface area contributed by atoms with E-state index in [1.165, 1.54) is 0 Å². The second kappa shape index (κ2) is 3.43. The van der Waals surface area contributed by atoms with Crippen molar-refractivity contribution in [1.29, 1.82) is 0 Å². The van der Waals surface area contributed by atoms with Gasteiger partial charge in [-0.1, -0.05) is 11.6 Å². The largest absolute Gasteiger partial charge is 0.481 e. The number of carboxylic acids is 1. The molecule has 0 spiro atoms. The van der Waals surface area contributed by atoms with Gasteiger partial charge in [0, 0.05) is 6.20 Å². The lowest BCUT2D eigenvalue weighted by atomic mass is 10.1. The van der Waals surface area contributed by atoms with Gasteiger partial charge in [0.05, 0.1) is 22.7 Å². The number of halogens is 1. The molecule has 0 amide bonds. The second-order valence-electron chi connectivity index (χ2n) is 4.39. The Bertz CT molecular complexity index is 434. The van der Waals surface area contributed by atoms with Gasteiger partial charge in [0.2, 0.25) is 0 Å². The average molecular weight is 239 g/mol. The molecule has 2 heterocycles. The molecule has 0 bridgehead atoms. The molecule has 16 heavy (non-hydrogen) atoms. The number of nitrogens with zero attached hydrogens (tertiary/aromatic N) is 1. The standard InChI is InChI=1S/C11H11ClN2O2/c12-5-1-2-7(13-3-5)10-8-6(4-14-10)9(8)11(15)16/h1-3,6,8-10,14H,4H2,(H,15,16). The van der Waals surface area contributed by atoms with E-state index in [0.717, 1.165) is 12.2 Å². The minimum atomic E-state index is -0.685. The molecule has 0 aromatic carbocycles. The molecule has 1 aromatic heterocycles. The van der Waals surface area contributed by atoms with Crippen LogP contribution in [0.2, 0.25) is 5.02 Å². The first kappa shape index (κ1) is 10.1. The summed E-state index contributed by atoms with van der Waals surface area (Å²) in [6, 6.07) is 3.72. The van der Waals surface area contributed by atoms with Crippen LogP contribution >= 0.6 is 11.6 Å². The van der Waals surface area contributed by atoms with E-state index >= 15 is 0 Å². The molecule has 1 saturated heterocycles. The molecule has 1 aliphatic heterocycles. The molecule has 2 aliphatic rings. The number of pyridine rings is 1. The first-order chi connectivity index (χ1) is 7.68. The van der Waals surface area contributed by atoms with Crippen molar-refractivity contribution in [3.63, 3.8) is 0 Å². The highest BCUT2D eigenvalue weighted by Gasteiger charge is 2.62. The van der Waals surface area contributed by atoms with Gasteiger partial charge in [-0.25, -0.2) is 0 Å². The minimum Gasteiger partial charge on any atom is -0.481 e. The zero-order valence-corrected chi connectivity index (χ0v) is 9.19. The molecular formula is C11H11ClN2O2. The highest BCUT2D eigenvalue weighted by Crippen LogP contribution is 2.56. The van der Waals surface area contributed by atoms with Gasteiger partial charge in [0.1, 0.15) is 0 Å². The van der Waals surface area contributed by atoms with Crippen LogP contribution in [0.4, 0.5) is 0 Å².